The number of nitrogens with zero attached hydrogens (tertiary/aromatic N) is 4. The highest BCUT2D eigenvalue weighted by Gasteiger charge is 2.44. The second kappa shape index (κ2) is 10.7. The van der Waals surface area contributed by atoms with E-state index in [1.54, 1.807) is 19.1 Å². The third-order valence-corrected chi connectivity index (χ3v) is 5.83. The fourth-order valence-electron chi connectivity index (χ4n) is 3.98. The highest BCUT2D eigenvalue weighted by atomic mass is 19.4. The van der Waals surface area contributed by atoms with E-state index in [0.717, 1.165) is 28.0 Å². The predicted molar refractivity (Wildman–Crippen MR) is 128 cm³/mol. The highest BCUT2D eigenvalue weighted by molar-refractivity contribution is 6.04. The second-order valence-corrected chi connectivity index (χ2v) is 8.44. The number of allylic oxidation sites excluding steroid dienone is 1. The number of rotatable bonds is 6. The zero-order valence-electron chi connectivity index (χ0n) is 20.7. The quantitative estimate of drug-likeness (QED) is 0.530. The maximum atomic E-state index is 13.8. The molecule has 0 bridgehead atoms. The summed E-state index contributed by atoms with van der Waals surface area (Å²) in [5.74, 6) is -1.26. The Labute approximate surface area is 212 Å². The molecule has 1 atom stereocenters. The Morgan fingerprint density at radius 2 is 1.78 bits per heavy atom. The summed E-state index contributed by atoms with van der Waals surface area (Å²) in [7, 11) is 2.98. The van der Waals surface area contributed by atoms with Crippen molar-refractivity contribution in [2.75, 3.05) is 32.1 Å². The number of hydrogen-bond acceptors (Lipinski definition) is 5. The van der Waals surface area contributed by atoms with Crippen molar-refractivity contribution in [3.05, 3.63) is 76.5 Å². The third kappa shape index (κ3) is 5.58. The summed E-state index contributed by atoms with van der Waals surface area (Å²) in [6.07, 6.45) is -4.66. The van der Waals surface area contributed by atoms with Crippen LogP contribution in [-0.2, 0) is 20.5 Å². The van der Waals surface area contributed by atoms with Crippen LogP contribution in [0.1, 0.15) is 36.6 Å². The first-order valence-electron chi connectivity index (χ1n) is 11.3. The fraction of sp³-hybridized carbons (Fsp3) is 0.308. The molecule has 2 aromatic rings. The molecular formula is C26H25F3N4O4. The molecule has 194 valence electrons. The van der Waals surface area contributed by atoms with Crippen LogP contribution in [0.15, 0.2) is 59.8 Å². The lowest BCUT2D eigenvalue weighted by atomic mass is 9.92. The van der Waals surface area contributed by atoms with Crippen molar-refractivity contribution < 1.29 is 32.3 Å². The van der Waals surface area contributed by atoms with Crippen LogP contribution in [0.4, 0.5) is 23.7 Å². The van der Waals surface area contributed by atoms with Crippen molar-refractivity contribution in [1.82, 2.24) is 9.80 Å². The average Bonchev–Trinajstić information content (AvgIpc) is 2.85. The number of likely N-dealkylation sites (N-methyl/N-ethyl adjacent to an activating group) is 1. The average molecular weight is 515 g/mol. The summed E-state index contributed by atoms with van der Waals surface area (Å²) in [5, 5.41) is 9.17. The van der Waals surface area contributed by atoms with E-state index in [0.29, 0.717) is 11.1 Å². The molecule has 0 fully saturated rings. The molecule has 3 rings (SSSR count). The van der Waals surface area contributed by atoms with Gasteiger partial charge in [-0.3, -0.25) is 9.69 Å². The number of alkyl halides is 3. The van der Waals surface area contributed by atoms with Crippen molar-refractivity contribution in [3.63, 3.8) is 0 Å². The van der Waals surface area contributed by atoms with Gasteiger partial charge in [-0.05, 0) is 49.7 Å². The van der Waals surface area contributed by atoms with Gasteiger partial charge in [-0.25, -0.2) is 9.59 Å². The number of urea groups is 1. The Balaban J connectivity index is 2.29. The number of benzene rings is 2. The molecule has 0 N–H and O–H groups in total. The molecule has 1 heterocycles. The number of hydrogen-bond donors (Lipinski definition) is 0. The molecular weight excluding hydrogens is 489 g/mol. The lowest BCUT2D eigenvalue weighted by Crippen LogP contribution is -2.53. The van der Waals surface area contributed by atoms with Gasteiger partial charge in [0.05, 0.1) is 41.1 Å². The number of amides is 3. The van der Waals surface area contributed by atoms with E-state index >= 15 is 0 Å². The molecule has 0 aromatic heterocycles. The van der Waals surface area contributed by atoms with Gasteiger partial charge in [-0.2, -0.15) is 18.4 Å². The second-order valence-electron chi connectivity index (χ2n) is 8.44. The SMILES string of the molecule is CCOC(=O)C1=C(C)N(c2cccc(C(F)(F)F)c2)C(=O)N(CC(=O)N(C)C)C1c1ccc(C#N)cc1. The van der Waals surface area contributed by atoms with E-state index < -0.39 is 42.2 Å². The molecule has 0 saturated heterocycles. The van der Waals surface area contributed by atoms with Gasteiger partial charge in [0, 0.05) is 19.8 Å². The Bertz CT molecular complexity index is 1280. The Kier molecular flexibility index (Phi) is 7.91. The minimum Gasteiger partial charge on any atom is -0.463 e. The minimum atomic E-state index is -4.66. The van der Waals surface area contributed by atoms with Gasteiger partial charge in [-0.15, -0.1) is 0 Å². The summed E-state index contributed by atoms with van der Waals surface area (Å²) in [4.78, 5) is 43.2. The first-order chi connectivity index (χ1) is 17.4. The number of ether oxygens (including phenoxy) is 1. The highest BCUT2D eigenvalue weighted by Crippen LogP contribution is 2.41. The number of nitriles is 1. The van der Waals surface area contributed by atoms with Crippen LogP contribution in [-0.4, -0.2) is 55.0 Å². The van der Waals surface area contributed by atoms with E-state index in [-0.39, 0.29) is 23.6 Å². The van der Waals surface area contributed by atoms with E-state index in [2.05, 4.69) is 0 Å². The molecule has 8 nitrogen and oxygen atoms in total. The number of anilines is 1. The van der Waals surface area contributed by atoms with Crippen molar-refractivity contribution >= 4 is 23.6 Å². The van der Waals surface area contributed by atoms with Crippen LogP contribution >= 0.6 is 0 Å². The van der Waals surface area contributed by atoms with Crippen LogP contribution in [0.25, 0.3) is 0 Å². The monoisotopic (exact) mass is 514 g/mol. The van der Waals surface area contributed by atoms with Crippen LogP contribution in [0.3, 0.4) is 0 Å². The summed E-state index contributed by atoms with van der Waals surface area (Å²) in [5.41, 5.74) is -0.301. The number of esters is 1. The molecule has 1 aliphatic heterocycles. The normalized spacial score (nSPS) is 15.9. The molecule has 1 unspecified atom stereocenters. The third-order valence-electron chi connectivity index (χ3n) is 5.83. The van der Waals surface area contributed by atoms with Gasteiger partial charge in [0.15, 0.2) is 0 Å². The molecule has 3 amide bonds. The van der Waals surface area contributed by atoms with Gasteiger partial charge in [0.25, 0.3) is 0 Å². The van der Waals surface area contributed by atoms with Gasteiger partial charge in [0.2, 0.25) is 5.91 Å². The van der Waals surface area contributed by atoms with Crippen molar-refractivity contribution in [2.24, 2.45) is 0 Å². The van der Waals surface area contributed by atoms with Gasteiger partial charge in [-0.1, -0.05) is 18.2 Å². The summed E-state index contributed by atoms with van der Waals surface area (Å²) in [6, 6.07) is 10.4. The lowest BCUT2D eigenvalue weighted by Gasteiger charge is -2.42. The number of carbonyl (C=O) groups excluding carboxylic acids is 3. The zero-order chi connectivity index (χ0) is 27.5. The Morgan fingerprint density at radius 3 is 2.32 bits per heavy atom. The molecule has 1 aliphatic rings. The molecule has 0 radical (unpaired) electrons. The van der Waals surface area contributed by atoms with Crippen LogP contribution in [0.5, 0.6) is 0 Å². The first-order valence-corrected chi connectivity index (χ1v) is 11.3. The summed E-state index contributed by atoms with van der Waals surface area (Å²) >= 11 is 0. The predicted octanol–water partition coefficient (Wildman–Crippen LogP) is 4.49. The van der Waals surface area contributed by atoms with E-state index in [1.807, 2.05) is 6.07 Å². The molecule has 0 saturated carbocycles. The Hall–Kier alpha value is -4.33. The van der Waals surface area contributed by atoms with Crippen LogP contribution in [0.2, 0.25) is 0 Å². The van der Waals surface area contributed by atoms with E-state index in [4.69, 9.17) is 4.74 Å². The van der Waals surface area contributed by atoms with Crippen LogP contribution in [0, 0.1) is 11.3 Å². The number of halogens is 3. The molecule has 0 spiro atoms. The maximum absolute atomic E-state index is 13.8. The van der Waals surface area contributed by atoms with Gasteiger partial charge in [0.1, 0.15) is 6.54 Å². The topological polar surface area (TPSA) is 93.9 Å². The van der Waals surface area contributed by atoms with Gasteiger partial charge < -0.3 is 14.5 Å². The van der Waals surface area contributed by atoms with Gasteiger partial charge >= 0.3 is 18.2 Å². The standard InChI is InChI=1S/C26H25F3N4O4/c1-5-37-24(35)22-16(2)33(20-8-6-7-19(13-20)26(27,28)29)25(36)32(15-21(34)31(3)4)23(22)18-11-9-17(14-30)10-12-18/h6-13,23H,5,15H2,1-4H3. The lowest BCUT2D eigenvalue weighted by molar-refractivity contribution is -0.140. The molecule has 2 aromatic carbocycles. The largest absolute Gasteiger partial charge is 0.463 e. The van der Waals surface area contributed by atoms with E-state index in [1.165, 1.54) is 44.1 Å². The summed E-state index contributed by atoms with van der Waals surface area (Å²) < 4.78 is 45.6. The molecule has 0 aliphatic carbocycles. The minimum absolute atomic E-state index is 0.00381. The fourth-order valence-corrected chi connectivity index (χ4v) is 3.98. The van der Waals surface area contributed by atoms with Crippen molar-refractivity contribution in [3.8, 4) is 6.07 Å². The van der Waals surface area contributed by atoms with Crippen molar-refractivity contribution in [1.29, 1.82) is 5.26 Å². The van der Waals surface area contributed by atoms with Crippen molar-refractivity contribution in [2.45, 2.75) is 26.1 Å². The Morgan fingerprint density at radius 1 is 1.14 bits per heavy atom. The number of carbonyl (C=O) groups is 3. The zero-order valence-corrected chi connectivity index (χ0v) is 20.7. The first kappa shape index (κ1) is 27.3. The smallest absolute Gasteiger partial charge is 0.416 e. The molecule has 11 heteroatoms. The summed E-state index contributed by atoms with van der Waals surface area (Å²) in [6.45, 7) is 2.56. The van der Waals surface area contributed by atoms with E-state index in [9.17, 15) is 32.8 Å². The molecule has 37 heavy (non-hydrogen) atoms. The van der Waals surface area contributed by atoms with Crippen LogP contribution < -0.4 is 4.90 Å². The maximum Gasteiger partial charge on any atom is 0.416 e.